The van der Waals surface area contributed by atoms with Gasteiger partial charge in [-0.05, 0) is 31.5 Å². The summed E-state index contributed by atoms with van der Waals surface area (Å²) in [7, 11) is 1.57. The number of nitrogens with zero attached hydrogens (tertiary/aromatic N) is 2. The number of allylic oxidation sites excluding steroid dienone is 1. The van der Waals surface area contributed by atoms with E-state index in [2.05, 4.69) is 10.4 Å². The molecule has 10 heteroatoms. The van der Waals surface area contributed by atoms with Crippen molar-refractivity contribution < 1.29 is 14.6 Å². The summed E-state index contributed by atoms with van der Waals surface area (Å²) in [5.41, 5.74) is 20.4. The summed E-state index contributed by atoms with van der Waals surface area (Å²) in [6, 6.07) is 0. The lowest BCUT2D eigenvalue weighted by Gasteiger charge is -2.28. The normalized spacial score (nSPS) is 22.2. The number of amides is 1. The van der Waals surface area contributed by atoms with Gasteiger partial charge in [-0.2, -0.15) is 0 Å². The van der Waals surface area contributed by atoms with Crippen molar-refractivity contribution in [1.82, 2.24) is 10.4 Å². The van der Waals surface area contributed by atoms with Crippen molar-refractivity contribution in [3.63, 3.8) is 0 Å². The van der Waals surface area contributed by atoms with Crippen LogP contribution in [-0.2, 0) is 9.53 Å². The Kier molecular flexibility index (Phi) is 8.05. The predicted octanol–water partition coefficient (Wildman–Crippen LogP) is -0.939. The standard InChI is InChI=1S/C14H26N6O3S/c1-3-4-9(15)11(16)12(19-14(17)24)13(22)20(18-2)10-6-5-8(7-21)23-10/h8,10,18,21H,3-7,15-16H2,1-2H3,(H2,17,24). The Morgan fingerprint density at radius 1 is 1.42 bits per heavy atom. The Morgan fingerprint density at radius 3 is 2.54 bits per heavy atom. The molecule has 0 aromatic carbocycles. The molecule has 0 saturated carbocycles. The Hall–Kier alpha value is -1.75. The number of aliphatic hydroxyl groups excluding tert-OH is 1. The van der Waals surface area contributed by atoms with E-state index in [4.69, 9.17) is 34.2 Å². The van der Waals surface area contributed by atoms with Crippen molar-refractivity contribution in [2.75, 3.05) is 13.7 Å². The van der Waals surface area contributed by atoms with Crippen molar-refractivity contribution in [3.8, 4) is 0 Å². The molecule has 0 spiro atoms. The van der Waals surface area contributed by atoms with E-state index in [9.17, 15) is 9.90 Å². The van der Waals surface area contributed by atoms with Crippen LogP contribution >= 0.6 is 12.2 Å². The predicted molar refractivity (Wildman–Crippen MR) is 95.4 cm³/mol. The first kappa shape index (κ1) is 20.3. The maximum absolute atomic E-state index is 12.8. The van der Waals surface area contributed by atoms with Crippen molar-refractivity contribution >= 4 is 28.9 Å². The summed E-state index contributed by atoms with van der Waals surface area (Å²) in [5.74, 6) is -0.551. The van der Waals surface area contributed by atoms with Crippen LogP contribution in [0.1, 0.15) is 32.6 Å². The topological polar surface area (TPSA) is 152 Å². The molecular weight excluding hydrogens is 332 g/mol. The molecule has 0 aliphatic carbocycles. The number of nitrogens with one attached hydrogen (secondary N) is 1. The van der Waals surface area contributed by atoms with Crippen LogP contribution in [0.2, 0.25) is 0 Å². The molecule has 2 unspecified atom stereocenters. The number of rotatable bonds is 7. The third-order valence-corrected chi connectivity index (χ3v) is 3.67. The molecule has 8 N–H and O–H groups in total. The minimum Gasteiger partial charge on any atom is -0.400 e. The van der Waals surface area contributed by atoms with E-state index >= 15 is 0 Å². The van der Waals surface area contributed by atoms with Gasteiger partial charge in [0.2, 0.25) is 0 Å². The molecule has 136 valence electrons. The second kappa shape index (κ2) is 9.52. The molecule has 0 radical (unpaired) electrons. The number of carbonyl (C=O) groups is 1. The smallest absolute Gasteiger partial charge is 0.291 e. The van der Waals surface area contributed by atoms with E-state index in [0.29, 0.717) is 25.0 Å². The van der Waals surface area contributed by atoms with Gasteiger partial charge in [0.15, 0.2) is 10.8 Å². The Bertz CT molecular complexity index is 537. The van der Waals surface area contributed by atoms with Gasteiger partial charge < -0.3 is 27.0 Å². The SMILES string of the molecule is CCCC(N)=C(N)C(=NC(N)=S)C(=O)N(NC)C1CCC(CO)O1. The molecule has 9 nitrogen and oxygen atoms in total. The summed E-state index contributed by atoms with van der Waals surface area (Å²) in [6.07, 6.45) is 1.61. The van der Waals surface area contributed by atoms with E-state index in [1.165, 1.54) is 5.01 Å². The number of aliphatic hydroxyl groups is 1. The number of hydrogen-bond acceptors (Lipinski definition) is 7. The second-order valence-corrected chi connectivity index (χ2v) is 5.78. The molecule has 0 aromatic heterocycles. The van der Waals surface area contributed by atoms with Crippen LogP contribution in [-0.4, -0.2) is 52.8 Å². The zero-order valence-electron chi connectivity index (χ0n) is 14.0. The van der Waals surface area contributed by atoms with Crippen LogP contribution in [0, 0.1) is 0 Å². The molecule has 1 amide bonds. The van der Waals surface area contributed by atoms with Gasteiger partial charge >= 0.3 is 0 Å². The Morgan fingerprint density at radius 2 is 2.08 bits per heavy atom. The molecule has 1 aliphatic rings. The van der Waals surface area contributed by atoms with E-state index in [1.54, 1.807) is 7.05 Å². The molecule has 1 aliphatic heterocycles. The van der Waals surface area contributed by atoms with E-state index in [-0.39, 0.29) is 29.2 Å². The van der Waals surface area contributed by atoms with Gasteiger partial charge in [-0.25, -0.2) is 15.4 Å². The maximum atomic E-state index is 12.8. The highest BCUT2D eigenvalue weighted by molar-refractivity contribution is 7.80. The fraction of sp³-hybridized carbons (Fsp3) is 0.643. The highest BCUT2D eigenvalue weighted by atomic mass is 32.1. The molecule has 0 aromatic rings. The van der Waals surface area contributed by atoms with Gasteiger partial charge in [-0.1, -0.05) is 13.3 Å². The number of aliphatic imine (C=N–C) groups is 1. The number of thiocarbonyl (C=S) groups is 1. The van der Waals surface area contributed by atoms with Crippen LogP contribution < -0.4 is 22.6 Å². The fourth-order valence-electron chi connectivity index (χ4n) is 2.39. The van der Waals surface area contributed by atoms with Crippen molar-refractivity contribution in [2.24, 2.45) is 22.2 Å². The largest absolute Gasteiger partial charge is 0.400 e. The minimum atomic E-state index is -0.559. The van der Waals surface area contributed by atoms with E-state index in [1.807, 2.05) is 6.92 Å². The zero-order valence-corrected chi connectivity index (χ0v) is 14.8. The first-order valence-electron chi connectivity index (χ1n) is 7.75. The molecule has 24 heavy (non-hydrogen) atoms. The highest BCUT2D eigenvalue weighted by Gasteiger charge is 2.34. The quantitative estimate of drug-likeness (QED) is 0.222. The number of hydrogen-bond donors (Lipinski definition) is 5. The third kappa shape index (κ3) is 5.13. The molecule has 1 fully saturated rings. The van der Waals surface area contributed by atoms with Crippen LogP contribution in [0.25, 0.3) is 0 Å². The summed E-state index contributed by atoms with van der Waals surface area (Å²) < 4.78 is 5.61. The van der Waals surface area contributed by atoms with Gasteiger partial charge in [0.25, 0.3) is 5.91 Å². The Labute approximate surface area is 146 Å². The molecule has 0 bridgehead atoms. The van der Waals surface area contributed by atoms with E-state index < -0.39 is 12.1 Å². The molecular formula is C14H26N6O3S. The molecule has 2 atom stereocenters. The van der Waals surface area contributed by atoms with Gasteiger partial charge in [0.1, 0.15) is 6.23 Å². The molecule has 1 heterocycles. The Balaban J connectivity index is 3.11. The van der Waals surface area contributed by atoms with Crippen LogP contribution in [0.15, 0.2) is 16.4 Å². The van der Waals surface area contributed by atoms with Crippen molar-refractivity contribution in [1.29, 1.82) is 0 Å². The van der Waals surface area contributed by atoms with Crippen LogP contribution in [0.3, 0.4) is 0 Å². The average molecular weight is 358 g/mol. The lowest BCUT2D eigenvalue weighted by Crippen LogP contribution is -2.52. The van der Waals surface area contributed by atoms with Gasteiger partial charge in [-0.3, -0.25) is 4.79 Å². The lowest BCUT2D eigenvalue weighted by molar-refractivity contribution is -0.145. The second-order valence-electron chi connectivity index (χ2n) is 5.36. The van der Waals surface area contributed by atoms with Crippen LogP contribution in [0.5, 0.6) is 0 Å². The number of nitrogens with two attached hydrogens (primary N) is 3. The first-order valence-corrected chi connectivity index (χ1v) is 8.16. The first-order chi connectivity index (χ1) is 11.3. The minimum absolute atomic E-state index is 0.0478. The monoisotopic (exact) mass is 358 g/mol. The third-order valence-electron chi connectivity index (χ3n) is 3.58. The van der Waals surface area contributed by atoms with Crippen LogP contribution in [0.4, 0.5) is 0 Å². The maximum Gasteiger partial charge on any atom is 0.291 e. The molecule has 1 saturated heterocycles. The number of ether oxygens (including phenoxy) is 1. The van der Waals surface area contributed by atoms with Crippen molar-refractivity contribution in [3.05, 3.63) is 11.4 Å². The van der Waals surface area contributed by atoms with Gasteiger partial charge in [-0.15, -0.1) is 0 Å². The van der Waals surface area contributed by atoms with Gasteiger partial charge in [0.05, 0.1) is 18.4 Å². The fourth-order valence-corrected chi connectivity index (χ4v) is 2.48. The summed E-state index contributed by atoms with van der Waals surface area (Å²) in [6.45, 7) is 1.83. The zero-order chi connectivity index (χ0) is 18.3. The van der Waals surface area contributed by atoms with Gasteiger partial charge in [0, 0.05) is 12.7 Å². The number of carbonyl (C=O) groups excluding carboxylic acids is 1. The summed E-state index contributed by atoms with van der Waals surface area (Å²) in [4.78, 5) is 16.7. The lowest BCUT2D eigenvalue weighted by atomic mass is 10.1. The van der Waals surface area contributed by atoms with Crippen molar-refractivity contribution in [2.45, 2.75) is 44.9 Å². The molecule has 1 rings (SSSR count). The highest BCUT2D eigenvalue weighted by Crippen LogP contribution is 2.22. The average Bonchev–Trinajstić information content (AvgIpc) is 3.01. The number of hydrazine groups is 1. The van der Waals surface area contributed by atoms with E-state index in [0.717, 1.165) is 6.42 Å². The summed E-state index contributed by atoms with van der Waals surface area (Å²) in [5, 5.41) is 10.2. The summed E-state index contributed by atoms with van der Waals surface area (Å²) >= 11 is 4.77.